The molecule has 1 aliphatic carbocycles. The van der Waals surface area contributed by atoms with Crippen molar-refractivity contribution < 1.29 is 30.0 Å². The van der Waals surface area contributed by atoms with Crippen LogP contribution in [0.1, 0.15) is 46.5 Å². The lowest BCUT2D eigenvalue weighted by Crippen LogP contribution is -2.65. The Morgan fingerprint density at radius 3 is 2.12 bits per heavy atom. The Hall–Kier alpha value is -0.930. The molecular weight excluding hydrogens is 340 g/mol. The van der Waals surface area contributed by atoms with E-state index in [9.17, 15) is 25.2 Å². The number of likely N-dealkylation sites (tertiary alicyclic amines) is 1. The average Bonchev–Trinajstić information content (AvgIpc) is 2.52. The highest BCUT2D eigenvalue weighted by Gasteiger charge is 2.50. The van der Waals surface area contributed by atoms with Gasteiger partial charge in [0.25, 0.3) is 0 Å². The van der Waals surface area contributed by atoms with E-state index in [2.05, 4.69) is 0 Å². The Morgan fingerprint density at radius 2 is 1.65 bits per heavy atom. The van der Waals surface area contributed by atoms with Crippen LogP contribution in [0.4, 0.5) is 4.79 Å². The molecule has 8 nitrogen and oxygen atoms in total. The minimum Gasteiger partial charge on any atom is -0.444 e. The number of aliphatic hydroxyl groups is 4. The van der Waals surface area contributed by atoms with Gasteiger partial charge in [0, 0.05) is 32.7 Å². The third-order valence-corrected chi connectivity index (χ3v) is 5.41. The highest BCUT2D eigenvalue weighted by atomic mass is 16.6. The molecule has 1 heterocycles. The summed E-state index contributed by atoms with van der Waals surface area (Å²) in [7, 11) is 1.58. The van der Waals surface area contributed by atoms with Gasteiger partial charge < -0.3 is 35.0 Å². The lowest BCUT2D eigenvalue weighted by molar-refractivity contribution is -0.189. The zero-order chi connectivity index (χ0) is 19.7. The number of ether oxygens (including phenoxy) is 1. The van der Waals surface area contributed by atoms with Gasteiger partial charge in [-0.2, -0.15) is 0 Å². The number of hydrogen-bond acceptors (Lipinski definition) is 7. The second-order valence-electron chi connectivity index (χ2n) is 8.75. The van der Waals surface area contributed by atoms with E-state index in [1.54, 1.807) is 27.8 Å². The van der Waals surface area contributed by atoms with Crippen LogP contribution in [0.5, 0.6) is 0 Å². The highest BCUT2D eigenvalue weighted by Crippen LogP contribution is 2.33. The van der Waals surface area contributed by atoms with Gasteiger partial charge in [-0.15, -0.1) is 0 Å². The van der Waals surface area contributed by atoms with E-state index in [0.29, 0.717) is 25.9 Å². The number of amides is 1. The van der Waals surface area contributed by atoms with Crippen molar-refractivity contribution in [3.05, 3.63) is 0 Å². The number of carbonyl (C=O) groups excluding carboxylic acids is 1. The molecule has 0 aromatic heterocycles. The summed E-state index contributed by atoms with van der Waals surface area (Å²) < 4.78 is 5.34. The van der Waals surface area contributed by atoms with Gasteiger partial charge in [-0.05, 0) is 46.5 Å². The van der Waals surface area contributed by atoms with Gasteiger partial charge in [0.05, 0.1) is 18.3 Å². The van der Waals surface area contributed by atoms with Gasteiger partial charge in [-0.25, -0.2) is 4.79 Å². The number of β-amino-alcohol motifs (C(OH)–C–C–N with tert-alkyl or cyclic N) is 1. The molecule has 0 aromatic rings. The summed E-state index contributed by atoms with van der Waals surface area (Å²) in [5.74, 6) is 0. The zero-order valence-corrected chi connectivity index (χ0v) is 16.3. The maximum atomic E-state index is 12.2. The van der Waals surface area contributed by atoms with Gasteiger partial charge in [-0.3, -0.25) is 0 Å². The van der Waals surface area contributed by atoms with Crippen LogP contribution in [0.25, 0.3) is 0 Å². The maximum Gasteiger partial charge on any atom is 0.410 e. The summed E-state index contributed by atoms with van der Waals surface area (Å²) in [6, 6.07) is -0.418. The van der Waals surface area contributed by atoms with E-state index in [1.165, 1.54) is 4.90 Å². The van der Waals surface area contributed by atoms with Crippen LogP contribution in [0.15, 0.2) is 0 Å². The summed E-state index contributed by atoms with van der Waals surface area (Å²) in [5, 5.41) is 41.6. The molecule has 2 aliphatic rings. The van der Waals surface area contributed by atoms with Gasteiger partial charge >= 0.3 is 6.09 Å². The monoisotopic (exact) mass is 374 g/mol. The fraction of sp³-hybridized carbons (Fsp3) is 0.944. The summed E-state index contributed by atoms with van der Waals surface area (Å²) in [6.07, 6.45) is -1.59. The van der Waals surface area contributed by atoms with Crippen molar-refractivity contribution in [3.8, 4) is 0 Å². The first-order valence-electron chi connectivity index (χ1n) is 9.37. The normalized spacial score (nSPS) is 34.5. The second kappa shape index (κ2) is 7.98. The molecule has 8 heteroatoms. The standard InChI is InChI=1S/C18H34N2O6/c1-17(2,3)26-16(24)19(4)12-9-14(22)18(25,15(23)10-12)11-20-7-5-13(21)6-8-20/h12-15,21-23,25H,5-11H2,1-4H3/t12?,14-,15+,18?. The van der Waals surface area contributed by atoms with E-state index in [4.69, 9.17) is 4.74 Å². The SMILES string of the molecule is CN(C(=O)OC(C)(C)C)C1C[C@@H](O)C(O)(CN2CCC(O)CC2)[C@@H](O)C1. The zero-order valence-electron chi connectivity index (χ0n) is 16.3. The Kier molecular flexibility index (Phi) is 6.56. The van der Waals surface area contributed by atoms with Crippen LogP contribution in [-0.2, 0) is 4.74 Å². The highest BCUT2D eigenvalue weighted by molar-refractivity contribution is 5.68. The van der Waals surface area contributed by atoms with Crippen LogP contribution >= 0.6 is 0 Å². The molecule has 4 N–H and O–H groups in total. The number of hydrogen-bond donors (Lipinski definition) is 4. The summed E-state index contributed by atoms with van der Waals surface area (Å²) >= 11 is 0. The third kappa shape index (κ3) is 5.07. The van der Waals surface area contributed by atoms with Crippen molar-refractivity contribution >= 4 is 6.09 Å². The van der Waals surface area contributed by atoms with Crippen LogP contribution in [0.2, 0.25) is 0 Å². The van der Waals surface area contributed by atoms with Crippen LogP contribution in [-0.4, -0.2) is 98.6 Å². The molecule has 4 atom stereocenters. The van der Waals surface area contributed by atoms with E-state index in [1.807, 2.05) is 4.90 Å². The van der Waals surface area contributed by atoms with Crippen LogP contribution in [0.3, 0.4) is 0 Å². The topological polar surface area (TPSA) is 114 Å². The summed E-state index contributed by atoms with van der Waals surface area (Å²) in [6.45, 7) is 6.70. The Morgan fingerprint density at radius 1 is 1.15 bits per heavy atom. The van der Waals surface area contributed by atoms with E-state index in [0.717, 1.165) is 0 Å². The quantitative estimate of drug-likeness (QED) is 0.547. The maximum absolute atomic E-state index is 12.2. The molecule has 0 bridgehead atoms. The van der Waals surface area contributed by atoms with Crippen molar-refractivity contribution in [1.29, 1.82) is 0 Å². The fourth-order valence-electron chi connectivity index (χ4n) is 3.69. The molecule has 1 amide bonds. The van der Waals surface area contributed by atoms with E-state index in [-0.39, 0.29) is 25.5 Å². The number of nitrogens with zero attached hydrogens (tertiary/aromatic N) is 2. The number of rotatable bonds is 3. The predicted octanol–water partition coefficient (Wildman–Crippen LogP) is -0.0747. The average molecular weight is 374 g/mol. The Bertz CT molecular complexity index is 475. The lowest BCUT2D eigenvalue weighted by atomic mass is 9.76. The van der Waals surface area contributed by atoms with Crippen molar-refractivity contribution in [2.75, 3.05) is 26.7 Å². The van der Waals surface area contributed by atoms with Gasteiger partial charge in [-0.1, -0.05) is 0 Å². The minimum atomic E-state index is -1.65. The lowest BCUT2D eigenvalue weighted by Gasteiger charge is -2.48. The number of piperidine rings is 1. The molecule has 26 heavy (non-hydrogen) atoms. The number of carbonyl (C=O) groups is 1. The van der Waals surface area contributed by atoms with Crippen molar-refractivity contribution in [1.82, 2.24) is 9.80 Å². The van der Waals surface area contributed by atoms with Crippen molar-refractivity contribution in [3.63, 3.8) is 0 Å². The number of aliphatic hydroxyl groups excluding tert-OH is 3. The fourth-order valence-corrected chi connectivity index (χ4v) is 3.69. The van der Waals surface area contributed by atoms with Gasteiger partial charge in [0.1, 0.15) is 11.2 Å². The molecule has 152 valence electrons. The van der Waals surface area contributed by atoms with Gasteiger partial charge in [0.2, 0.25) is 0 Å². The van der Waals surface area contributed by atoms with Crippen LogP contribution in [0, 0.1) is 0 Å². The Balaban J connectivity index is 1.98. The molecular formula is C18H34N2O6. The molecule has 0 aromatic carbocycles. The summed E-state index contributed by atoms with van der Waals surface area (Å²) in [5.41, 5.74) is -2.27. The largest absolute Gasteiger partial charge is 0.444 e. The molecule has 1 saturated heterocycles. The first kappa shape index (κ1) is 21.4. The van der Waals surface area contributed by atoms with Crippen molar-refractivity contribution in [2.24, 2.45) is 0 Å². The molecule has 2 unspecified atom stereocenters. The molecule has 1 aliphatic heterocycles. The van der Waals surface area contributed by atoms with Crippen molar-refractivity contribution in [2.45, 2.75) is 82.0 Å². The first-order chi connectivity index (χ1) is 11.9. The van der Waals surface area contributed by atoms with Crippen LogP contribution < -0.4 is 0 Å². The van der Waals surface area contributed by atoms with Gasteiger partial charge in [0.15, 0.2) is 0 Å². The smallest absolute Gasteiger partial charge is 0.410 e. The molecule has 2 rings (SSSR count). The molecule has 1 saturated carbocycles. The molecule has 0 spiro atoms. The summed E-state index contributed by atoms with van der Waals surface area (Å²) in [4.78, 5) is 15.6. The third-order valence-electron chi connectivity index (χ3n) is 5.41. The molecule has 2 fully saturated rings. The molecule has 0 radical (unpaired) electrons. The van der Waals surface area contributed by atoms with E-state index < -0.39 is 35.5 Å². The predicted molar refractivity (Wildman–Crippen MR) is 95.7 cm³/mol. The Labute approximate surface area is 155 Å². The first-order valence-corrected chi connectivity index (χ1v) is 9.37. The van der Waals surface area contributed by atoms with E-state index >= 15 is 0 Å². The second-order valence-corrected chi connectivity index (χ2v) is 8.75. The minimum absolute atomic E-state index is 0.144.